The maximum Gasteiger partial charge on any atom is 0.133 e. The molecule has 1 nitrogen and oxygen atoms in total. The Kier molecular flexibility index (Phi) is 5.78. The molecule has 4 aliphatic rings. The molecule has 3 unspecified atom stereocenters. The second-order valence-corrected chi connectivity index (χ2v) is 12.4. The van der Waals surface area contributed by atoms with Crippen LogP contribution in [0.25, 0.3) is 0 Å². The lowest BCUT2D eigenvalue weighted by Gasteiger charge is -2.60. The fourth-order valence-electron chi connectivity index (χ4n) is 9.07. The monoisotopic (exact) mass is 386 g/mol. The molecule has 0 saturated heterocycles. The highest BCUT2D eigenvalue weighted by Gasteiger charge is 2.60. The molecule has 0 radical (unpaired) electrons. The molecule has 160 valence electrons. The van der Waals surface area contributed by atoms with Gasteiger partial charge < -0.3 is 0 Å². The van der Waals surface area contributed by atoms with Crippen molar-refractivity contribution in [3.05, 3.63) is 0 Å². The van der Waals surface area contributed by atoms with Crippen LogP contribution in [-0.2, 0) is 4.79 Å². The predicted octanol–water partition coefficient (Wildman–Crippen LogP) is 7.68. The smallest absolute Gasteiger partial charge is 0.133 e. The Labute approximate surface area is 174 Å². The van der Waals surface area contributed by atoms with Crippen LogP contribution in [-0.4, -0.2) is 5.78 Å². The lowest BCUT2D eigenvalue weighted by Crippen LogP contribution is -2.53. The SMILES string of the molecule is CC(C)CCC[C@@H](C)[C@H]1CCC2C3CC[C@H]4CC(=O)CC[C@]4(C)C3CC[C@@]21C. The first kappa shape index (κ1) is 20.9. The largest absolute Gasteiger partial charge is 0.300 e. The zero-order valence-corrected chi connectivity index (χ0v) is 19.4. The molecule has 4 rings (SSSR count). The quantitative estimate of drug-likeness (QED) is 0.473. The summed E-state index contributed by atoms with van der Waals surface area (Å²) in [6.07, 6.45) is 15.9. The molecule has 0 aliphatic heterocycles. The van der Waals surface area contributed by atoms with Gasteiger partial charge in [0.1, 0.15) is 5.78 Å². The van der Waals surface area contributed by atoms with Gasteiger partial charge in [0.2, 0.25) is 0 Å². The van der Waals surface area contributed by atoms with Gasteiger partial charge in [-0.1, -0.05) is 53.9 Å². The van der Waals surface area contributed by atoms with Gasteiger partial charge in [0.15, 0.2) is 0 Å². The minimum absolute atomic E-state index is 0.471. The zero-order chi connectivity index (χ0) is 20.1. The number of fused-ring (bicyclic) bond motifs is 5. The summed E-state index contributed by atoms with van der Waals surface area (Å²) in [5.41, 5.74) is 1.07. The van der Waals surface area contributed by atoms with Crippen molar-refractivity contribution < 1.29 is 4.79 Å². The van der Waals surface area contributed by atoms with Crippen molar-refractivity contribution in [3.63, 3.8) is 0 Å². The van der Waals surface area contributed by atoms with Gasteiger partial charge in [-0.2, -0.15) is 0 Å². The molecule has 0 aromatic heterocycles. The summed E-state index contributed by atoms with van der Waals surface area (Å²) in [7, 11) is 0. The van der Waals surface area contributed by atoms with Crippen LogP contribution in [0.1, 0.15) is 112 Å². The summed E-state index contributed by atoms with van der Waals surface area (Å²) < 4.78 is 0. The lowest BCUT2D eigenvalue weighted by molar-refractivity contribution is -0.140. The molecular weight excluding hydrogens is 340 g/mol. The minimum atomic E-state index is 0.471. The Morgan fingerprint density at radius 1 is 0.893 bits per heavy atom. The van der Waals surface area contributed by atoms with Crippen LogP contribution in [0.4, 0.5) is 0 Å². The number of Topliss-reactive ketones (excluding diaryl/α,β-unsaturated/α-hetero) is 1. The van der Waals surface area contributed by atoms with E-state index in [0.717, 1.165) is 48.3 Å². The maximum absolute atomic E-state index is 12.1. The number of carbonyl (C=O) groups excluding carboxylic acids is 1. The summed E-state index contributed by atoms with van der Waals surface area (Å²) in [5, 5.41) is 0. The van der Waals surface area contributed by atoms with E-state index in [1.54, 1.807) is 0 Å². The molecule has 0 aromatic rings. The highest BCUT2D eigenvalue weighted by molar-refractivity contribution is 5.79. The molecule has 8 atom stereocenters. The number of ketones is 1. The van der Waals surface area contributed by atoms with Crippen LogP contribution in [0.2, 0.25) is 0 Å². The zero-order valence-electron chi connectivity index (χ0n) is 19.4. The average Bonchev–Trinajstić information content (AvgIpc) is 2.99. The van der Waals surface area contributed by atoms with E-state index in [1.165, 1.54) is 64.2 Å². The number of hydrogen-bond acceptors (Lipinski definition) is 1. The molecule has 0 bridgehead atoms. The van der Waals surface area contributed by atoms with E-state index in [4.69, 9.17) is 0 Å². The van der Waals surface area contributed by atoms with E-state index < -0.39 is 0 Å². The van der Waals surface area contributed by atoms with Crippen LogP contribution in [0, 0.1) is 52.3 Å². The molecule has 0 amide bonds. The van der Waals surface area contributed by atoms with Gasteiger partial charge >= 0.3 is 0 Å². The molecule has 0 heterocycles. The molecule has 0 spiro atoms. The van der Waals surface area contributed by atoms with Crippen molar-refractivity contribution in [2.45, 2.75) is 112 Å². The summed E-state index contributed by atoms with van der Waals surface area (Å²) in [6, 6.07) is 0. The highest BCUT2D eigenvalue weighted by Crippen LogP contribution is 2.68. The van der Waals surface area contributed by atoms with Gasteiger partial charge in [-0.25, -0.2) is 0 Å². The first-order valence-corrected chi connectivity index (χ1v) is 12.8. The summed E-state index contributed by atoms with van der Waals surface area (Å²) >= 11 is 0. The average molecular weight is 387 g/mol. The molecule has 4 saturated carbocycles. The van der Waals surface area contributed by atoms with Crippen LogP contribution in [0.5, 0.6) is 0 Å². The van der Waals surface area contributed by atoms with Crippen LogP contribution >= 0.6 is 0 Å². The van der Waals surface area contributed by atoms with Crippen molar-refractivity contribution in [1.29, 1.82) is 0 Å². The van der Waals surface area contributed by atoms with Crippen molar-refractivity contribution in [2.24, 2.45) is 52.3 Å². The van der Waals surface area contributed by atoms with Crippen molar-refractivity contribution >= 4 is 5.78 Å². The number of hydrogen-bond donors (Lipinski definition) is 0. The Balaban J connectivity index is 1.47. The fraction of sp³-hybridized carbons (Fsp3) is 0.963. The highest BCUT2D eigenvalue weighted by atomic mass is 16.1. The number of rotatable bonds is 5. The van der Waals surface area contributed by atoms with Crippen LogP contribution in [0.3, 0.4) is 0 Å². The molecule has 4 fully saturated rings. The van der Waals surface area contributed by atoms with Crippen molar-refractivity contribution in [1.82, 2.24) is 0 Å². The molecule has 0 N–H and O–H groups in total. The van der Waals surface area contributed by atoms with Gasteiger partial charge in [0.25, 0.3) is 0 Å². The molecule has 28 heavy (non-hydrogen) atoms. The summed E-state index contributed by atoms with van der Waals surface area (Å²) in [6.45, 7) is 12.6. The Bertz CT molecular complexity index is 579. The van der Waals surface area contributed by atoms with Gasteiger partial charge in [0, 0.05) is 12.8 Å². The molecule has 0 aromatic carbocycles. The van der Waals surface area contributed by atoms with E-state index in [0.29, 0.717) is 22.5 Å². The Hall–Kier alpha value is -0.330. The van der Waals surface area contributed by atoms with Gasteiger partial charge in [-0.3, -0.25) is 4.79 Å². The predicted molar refractivity (Wildman–Crippen MR) is 118 cm³/mol. The normalized spacial score (nSPS) is 46.8. The Morgan fingerprint density at radius 2 is 1.64 bits per heavy atom. The summed E-state index contributed by atoms with van der Waals surface area (Å²) in [5.74, 6) is 6.82. The number of carbonyl (C=O) groups is 1. The second-order valence-electron chi connectivity index (χ2n) is 12.4. The first-order chi connectivity index (χ1) is 13.3. The van der Waals surface area contributed by atoms with Crippen LogP contribution in [0.15, 0.2) is 0 Å². The van der Waals surface area contributed by atoms with Crippen molar-refractivity contribution in [2.75, 3.05) is 0 Å². The maximum atomic E-state index is 12.1. The molecular formula is C27H46O. The van der Waals surface area contributed by atoms with Gasteiger partial charge in [-0.05, 0) is 97.2 Å². The van der Waals surface area contributed by atoms with Crippen LogP contribution < -0.4 is 0 Å². The van der Waals surface area contributed by atoms with E-state index in [1.807, 2.05) is 0 Å². The minimum Gasteiger partial charge on any atom is -0.300 e. The van der Waals surface area contributed by atoms with E-state index in [-0.39, 0.29) is 0 Å². The van der Waals surface area contributed by atoms with Gasteiger partial charge in [-0.15, -0.1) is 0 Å². The van der Waals surface area contributed by atoms with E-state index in [2.05, 4.69) is 34.6 Å². The third-order valence-electron chi connectivity index (χ3n) is 10.7. The standard InChI is InChI=1S/C27H46O/c1-18(2)7-6-8-19(3)23-11-12-24-22-10-9-20-17-21(28)13-15-26(20,4)25(22)14-16-27(23,24)5/h18-20,22-25H,6-17H2,1-5H3/t19-,20+,22?,23-,24?,25?,26+,27-/m1/s1. The van der Waals surface area contributed by atoms with E-state index >= 15 is 0 Å². The lowest BCUT2D eigenvalue weighted by atomic mass is 9.44. The summed E-state index contributed by atoms with van der Waals surface area (Å²) in [4.78, 5) is 12.1. The second kappa shape index (κ2) is 7.73. The third kappa shape index (κ3) is 3.41. The molecule has 4 aliphatic carbocycles. The Morgan fingerprint density at radius 3 is 2.39 bits per heavy atom. The third-order valence-corrected chi connectivity index (χ3v) is 10.7. The van der Waals surface area contributed by atoms with Gasteiger partial charge in [0.05, 0.1) is 0 Å². The van der Waals surface area contributed by atoms with Crippen molar-refractivity contribution in [3.8, 4) is 0 Å². The first-order valence-electron chi connectivity index (χ1n) is 12.8. The molecule has 1 heteroatoms. The fourth-order valence-corrected chi connectivity index (χ4v) is 9.07. The van der Waals surface area contributed by atoms with E-state index in [9.17, 15) is 4.79 Å². The topological polar surface area (TPSA) is 17.1 Å².